The SMILES string of the molecule is O=C(N[C@@H]1CN2CCC1CC2)c1cccc2c1CCCC2O. The maximum atomic E-state index is 12.8. The van der Waals surface area contributed by atoms with Crippen molar-refractivity contribution in [3.63, 3.8) is 0 Å². The molecule has 0 saturated carbocycles. The Morgan fingerprint density at radius 3 is 2.77 bits per heavy atom. The Morgan fingerprint density at radius 2 is 2.05 bits per heavy atom. The minimum atomic E-state index is -0.409. The third-order valence-corrected chi connectivity index (χ3v) is 5.69. The van der Waals surface area contributed by atoms with Crippen LogP contribution in [-0.4, -0.2) is 41.6 Å². The average Bonchev–Trinajstić information content (AvgIpc) is 2.56. The van der Waals surface area contributed by atoms with Gasteiger partial charge in [-0.05, 0) is 68.3 Å². The van der Waals surface area contributed by atoms with E-state index in [-0.39, 0.29) is 5.91 Å². The number of nitrogens with zero attached hydrogens (tertiary/aromatic N) is 1. The summed E-state index contributed by atoms with van der Waals surface area (Å²) in [6.07, 6.45) is 4.66. The Labute approximate surface area is 131 Å². The highest BCUT2D eigenvalue weighted by atomic mass is 16.3. The van der Waals surface area contributed by atoms with Crippen LogP contribution in [0, 0.1) is 5.92 Å². The number of fused-ring (bicyclic) bond motifs is 4. The minimum Gasteiger partial charge on any atom is -0.388 e. The normalized spacial score (nSPS) is 33.3. The van der Waals surface area contributed by atoms with Gasteiger partial charge in [-0.15, -0.1) is 0 Å². The van der Waals surface area contributed by atoms with E-state index in [2.05, 4.69) is 10.2 Å². The van der Waals surface area contributed by atoms with Crippen molar-refractivity contribution in [3.05, 3.63) is 34.9 Å². The standard InChI is InChI=1S/C18H24N2O2/c21-17-6-2-3-13-14(17)4-1-5-15(13)18(22)19-16-11-20-9-7-12(16)8-10-20/h1,4-5,12,16-17,21H,2-3,6-11H2,(H,19,22)/t16-,17?/m1/s1. The van der Waals surface area contributed by atoms with E-state index in [0.29, 0.717) is 12.0 Å². The van der Waals surface area contributed by atoms with E-state index in [9.17, 15) is 9.90 Å². The van der Waals surface area contributed by atoms with Gasteiger partial charge in [0.2, 0.25) is 0 Å². The summed E-state index contributed by atoms with van der Waals surface area (Å²) in [5, 5.41) is 13.4. The maximum absolute atomic E-state index is 12.8. The number of rotatable bonds is 2. The third kappa shape index (κ3) is 2.44. The molecule has 2 bridgehead atoms. The number of hydrogen-bond acceptors (Lipinski definition) is 3. The van der Waals surface area contributed by atoms with Crippen LogP contribution in [0.2, 0.25) is 0 Å². The number of aliphatic hydroxyl groups excluding tert-OH is 1. The monoisotopic (exact) mass is 300 g/mol. The highest BCUT2D eigenvalue weighted by Gasteiger charge is 2.35. The number of hydrogen-bond donors (Lipinski definition) is 2. The number of nitrogens with one attached hydrogen (secondary N) is 1. The van der Waals surface area contributed by atoms with Crippen molar-refractivity contribution in [2.75, 3.05) is 19.6 Å². The zero-order chi connectivity index (χ0) is 15.1. The molecule has 1 aromatic carbocycles. The number of piperidine rings is 3. The molecule has 1 amide bonds. The van der Waals surface area contributed by atoms with Crippen molar-refractivity contribution < 1.29 is 9.90 Å². The first-order chi connectivity index (χ1) is 10.7. The lowest BCUT2D eigenvalue weighted by Gasteiger charge is -2.45. The van der Waals surface area contributed by atoms with E-state index in [1.54, 1.807) is 0 Å². The fraction of sp³-hybridized carbons (Fsp3) is 0.611. The molecule has 3 saturated heterocycles. The molecular weight excluding hydrogens is 276 g/mol. The molecule has 118 valence electrons. The first-order valence-corrected chi connectivity index (χ1v) is 8.55. The van der Waals surface area contributed by atoms with Gasteiger partial charge in [0, 0.05) is 18.2 Å². The minimum absolute atomic E-state index is 0.0460. The summed E-state index contributed by atoms with van der Waals surface area (Å²) in [6, 6.07) is 6.07. The highest BCUT2D eigenvalue weighted by Crippen LogP contribution is 2.32. The second-order valence-electron chi connectivity index (χ2n) is 7.00. The van der Waals surface area contributed by atoms with Crippen LogP contribution in [0.4, 0.5) is 0 Å². The highest BCUT2D eigenvalue weighted by molar-refractivity contribution is 5.96. The van der Waals surface area contributed by atoms with E-state index in [4.69, 9.17) is 0 Å². The lowest BCUT2D eigenvalue weighted by molar-refractivity contribution is 0.0619. The molecule has 3 fully saturated rings. The second kappa shape index (κ2) is 5.67. The van der Waals surface area contributed by atoms with Gasteiger partial charge >= 0.3 is 0 Å². The van der Waals surface area contributed by atoms with E-state index < -0.39 is 6.10 Å². The van der Waals surface area contributed by atoms with E-state index >= 15 is 0 Å². The van der Waals surface area contributed by atoms with Crippen LogP contribution in [-0.2, 0) is 6.42 Å². The summed E-state index contributed by atoms with van der Waals surface area (Å²) in [5.74, 6) is 0.684. The number of aliphatic hydroxyl groups is 1. The van der Waals surface area contributed by atoms with E-state index in [1.165, 1.54) is 25.9 Å². The largest absolute Gasteiger partial charge is 0.388 e. The van der Waals surface area contributed by atoms with Crippen LogP contribution >= 0.6 is 0 Å². The van der Waals surface area contributed by atoms with Crippen molar-refractivity contribution >= 4 is 5.91 Å². The molecular formula is C18H24N2O2. The van der Waals surface area contributed by atoms with Crippen molar-refractivity contribution in [3.8, 4) is 0 Å². The number of carbonyl (C=O) groups is 1. The molecule has 4 heteroatoms. The van der Waals surface area contributed by atoms with E-state index in [1.807, 2.05) is 18.2 Å². The summed E-state index contributed by atoms with van der Waals surface area (Å²) in [7, 11) is 0. The Morgan fingerprint density at radius 1 is 1.23 bits per heavy atom. The molecule has 0 aromatic heterocycles. The first kappa shape index (κ1) is 14.2. The smallest absolute Gasteiger partial charge is 0.251 e. The Bertz CT molecular complexity index is 578. The van der Waals surface area contributed by atoms with Gasteiger partial charge < -0.3 is 15.3 Å². The maximum Gasteiger partial charge on any atom is 0.251 e. The molecule has 1 unspecified atom stereocenters. The summed E-state index contributed by atoms with van der Waals surface area (Å²) in [4.78, 5) is 15.2. The predicted octanol–water partition coefficient (Wildman–Crippen LogP) is 1.88. The quantitative estimate of drug-likeness (QED) is 0.877. The molecule has 4 nitrogen and oxygen atoms in total. The van der Waals surface area contributed by atoms with Gasteiger partial charge in [0.15, 0.2) is 0 Å². The molecule has 3 aliphatic heterocycles. The predicted molar refractivity (Wildman–Crippen MR) is 84.8 cm³/mol. The third-order valence-electron chi connectivity index (χ3n) is 5.69. The van der Waals surface area contributed by atoms with Crippen molar-refractivity contribution in [1.29, 1.82) is 0 Å². The van der Waals surface area contributed by atoms with Gasteiger partial charge in [-0.2, -0.15) is 0 Å². The van der Waals surface area contributed by atoms with Crippen LogP contribution in [0.25, 0.3) is 0 Å². The van der Waals surface area contributed by atoms with Crippen LogP contribution in [0.1, 0.15) is 53.3 Å². The molecule has 4 aliphatic rings. The molecule has 3 heterocycles. The molecule has 1 aliphatic carbocycles. The number of carbonyl (C=O) groups excluding carboxylic acids is 1. The first-order valence-electron chi connectivity index (χ1n) is 8.55. The number of benzene rings is 1. The summed E-state index contributed by atoms with van der Waals surface area (Å²) in [6.45, 7) is 3.36. The Balaban J connectivity index is 1.55. The fourth-order valence-electron chi connectivity index (χ4n) is 4.41. The lowest BCUT2D eigenvalue weighted by atomic mass is 9.83. The lowest BCUT2D eigenvalue weighted by Crippen LogP contribution is -2.57. The van der Waals surface area contributed by atoms with Crippen LogP contribution < -0.4 is 5.32 Å². The number of amides is 1. The van der Waals surface area contributed by atoms with Gasteiger partial charge in [-0.25, -0.2) is 0 Å². The van der Waals surface area contributed by atoms with Crippen molar-refractivity contribution in [2.24, 2.45) is 5.92 Å². The van der Waals surface area contributed by atoms with E-state index in [0.717, 1.165) is 42.5 Å². The van der Waals surface area contributed by atoms with Gasteiger partial charge in [0.05, 0.1) is 6.10 Å². The molecule has 22 heavy (non-hydrogen) atoms. The average molecular weight is 300 g/mol. The Hall–Kier alpha value is -1.39. The van der Waals surface area contributed by atoms with Crippen molar-refractivity contribution in [1.82, 2.24) is 10.2 Å². The molecule has 2 atom stereocenters. The molecule has 0 radical (unpaired) electrons. The molecule has 0 spiro atoms. The van der Waals surface area contributed by atoms with Crippen LogP contribution in [0.5, 0.6) is 0 Å². The fourth-order valence-corrected chi connectivity index (χ4v) is 4.41. The zero-order valence-corrected chi connectivity index (χ0v) is 12.9. The van der Waals surface area contributed by atoms with Gasteiger partial charge in [-0.1, -0.05) is 12.1 Å². The van der Waals surface area contributed by atoms with Crippen LogP contribution in [0.3, 0.4) is 0 Å². The molecule has 1 aromatic rings. The topological polar surface area (TPSA) is 52.6 Å². The zero-order valence-electron chi connectivity index (χ0n) is 12.9. The van der Waals surface area contributed by atoms with Gasteiger partial charge in [0.25, 0.3) is 5.91 Å². The summed E-state index contributed by atoms with van der Waals surface area (Å²) >= 11 is 0. The Kier molecular flexibility index (Phi) is 3.66. The van der Waals surface area contributed by atoms with Gasteiger partial charge in [-0.3, -0.25) is 4.79 Å². The van der Waals surface area contributed by atoms with Crippen LogP contribution in [0.15, 0.2) is 18.2 Å². The second-order valence-corrected chi connectivity index (χ2v) is 7.00. The summed E-state index contributed by atoms with van der Waals surface area (Å²) in [5.41, 5.74) is 2.78. The summed E-state index contributed by atoms with van der Waals surface area (Å²) < 4.78 is 0. The molecule has 5 rings (SSSR count). The molecule has 2 N–H and O–H groups in total. The van der Waals surface area contributed by atoms with Gasteiger partial charge in [0.1, 0.15) is 0 Å². The van der Waals surface area contributed by atoms with Crippen molar-refractivity contribution in [2.45, 2.75) is 44.2 Å².